The molecule has 0 unspecified atom stereocenters. The first-order chi connectivity index (χ1) is 8.73. The van der Waals surface area contributed by atoms with Gasteiger partial charge in [-0.25, -0.2) is 0 Å². The molecule has 0 aromatic heterocycles. The molecule has 0 spiro atoms. The Hall–Kier alpha value is 0.433. The Morgan fingerprint density at radius 2 is 1.23 bits per heavy atom. The maximum Gasteiger partial charge on any atom is 2.00 e. The van der Waals surface area contributed by atoms with Crippen LogP contribution in [0.2, 0.25) is 10.1 Å². The summed E-state index contributed by atoms with van der Waals surface area (Å²) in [7, 11) is -3.65. The fourth-order valence-corrected chi connectivity index (χ4v) is 7.77. The average molecular weight is 408 g/mol. The SMILES string of the molecule is CC(C)(C)[Si]([O-])(c1ccccc1C(F)(F)F)C(C)(C)C.[Br-].[Mg+2]. The maximum atomic E-state index is 13.7. The molecule has 0 saturated heterocycles. The van der Waals surface area contributed by atoms with E-state index in [0.717, 1.165) is 6.07 Å². The van der Waals surface area contributed by atoms with Crippen LogP contribution in [0.25, 0.3) is 0 Å². The van der Waals surface area contributed by atoms with Crippen LogP contribution in [0.3, 0.4) is 0 Å². The molecule has 1 aromatic carbocycles. The van der Waals surface area contributed by atoms with Crippen LogP contribution in [-0.4, -0.2) is 31.4 Å². The van der Waals surface area contributed by atoms with Gasteiger partial charge in [0, 0.05) is 8.32 Å². The van der Waals surface area contributed by atoms with Crippen molar-refractivity contribution < 1.29 is 34.9 Å². The van der Waals surface area contributed by atoms with Crippen LogP contribution in [0.5, 0.6) is 0 Å². The van der Waals surface area contributed by atoms with E-state index in [-0.39, 0.29) is 45.2 Å². The van der Waals surface area contributed by atoms with Gasteiger partial charge in [-0.2, -0.15) is 13.2 Å². The summed E-state index contributed by atoms with van der Waals surface area (Å²) < 4.78 is 39.7. The van der Waals surface area contributed by atoms with E-state index in [9.17, 15) is 18.0 Å². The fourth-order valence-electron chi connectivity index (χ4n) is 2.97. The summed E-state index contributed by atoms with van der Waals surface area (Å²) in [6.07, 6.45) is -4.49. The predicted octanol–water partition coefficient (Wildman–Crippen LogP) is 0.442. The quantitative estimate of drug-likeness (QED) is 0.620. The fraction of sp³-hybridized carbons (Fsp3) is 0.600. The molecule has 7 heteroatoms. The molecule has 0 bridgehead atoms. The zero-order valence-electron chi connectivity index (χ0n) is 13.9. The Kier molecular flexibility index (Phi) is 8.47. The van der Waals surface area contributed by atoms with Gasteiger partial charge in [-0.05, 0) is 0 Å². The van der Waals surface area contributed by atoms with E-state index in [1.54, 1.807) is 41.5 Å². The van der Waals surface area contributed by atoms with Crippen molar-refractivity contribution in [3.05, 3.63) is 29.8 Å². The molecular formula is C15H22BrF3MgOSi. The second kappa shape index (κ2) is 7.55. The number of benzene rings is 1. The average Bonchev–Trinajstić information content (AvgIpc) is 2.23. The van der Waals surface area contributed by atoms with Gasteiger partial charge in [0.05, 0.1) is 5.56 Å². The van der Waals surface area contributed by atoms with Gasteiger partial charge in [0.25, 0.3) is 0 Å². The largest absolute Gasteiger partial charge is 2.00 e. The summed E-state index contributed by atoms with van der Waals surface area (Å²) in [6, 6.07) is 5.26. The van der Waals surface area contributed by atoms with Crippen molar-refractivity contribution in [2.75, 3.05) is 0 Å². The number of halogens is 4. The van der Waals surface area contributed by atoms with E-state index >= 15 is 0 Å². The van der Waals surface area contributed by atoms with E-state index in [4.69, 9.17) is 0 Å². The number of hydrogen-bond donors (Lipinski definition) is 0. The van der Waals surface area contributed by atoms with Crippen molar-refractivity contribution in [3.8, 4) is 0 Å². The molecule has 0 aliphatic heterocycles. The third kappa shape index (κ3) is 4.49. The summed E-state index contributed by atoms with van der Waals surface area (Å²) in [5.74, 6) is 0. The molecule has 1 rings (SSSR count). The smallest absolute Gasteiger partial charge is 1.00 e. The van der Waals surface area contributed by atoms with Gasteiger partial charge in [0.2, 0.25) is 0 Å². The van der Waals surface area contributed by atoms with Crippen molar-refractivity contribution in [3.63, 3.8) is 0 Å². The molecular weight excluding hydrogens is 385 g/mol. The van der Waals surface area contributed by atoms with E-state index in [1.807, 2.05) is 0 Å². The summed E-state index contributed by atoms with van der Waals surface area (Å²) in [6.45, 7) is 10.5. The summed E-state index contributed by atoms with van der Waals surface area (Å²) in [4.78, 5) is 13.7. The van der Waals surface area contributed by atoms with Crippen LogP contribution < -0.4 is 27.0 Å². The van der Waals surface area contributed by atoms with Crippen LogP contribution in [0, 0.1) is 0 Å². The summed E-state index contributed by atoms with van der Waals surface area (Å²) in [5, 5.41) is -1.47. The van der Waals surface area contributed by atoms with E-state index in [0.29, 0.717) is 0 Å². The van der Waals surface area contributed by atoms with Gasteiger partial charge < -0.3 is 21.8 Å². The van der Waals surface area contributed by atoms with Gasteiger partial charge in [0.15, 0.2) is 0 Å². The third-order valence-corrected chi connectivity index (χ3v) is 9.14. The second-order valence-corrected chi connectivity index (χ2v) is 12.1. The third-order valence-electron chi connectivity index (χ3n) is 3.72. The van der Waals surface area contributed by atoms with Crippen LogP contribution in [0.1, 0.15) is 47.1 Å². The van der Waals surface area contributed by atoms with Gasteiger partial charge in [-0.15, -0.1) is 0 Å². The molecule has 0 radical (unpaired) electrons. The minimum atomic E-state index is -4.49. The Morgan fingerprint density at radius 3 is 1.55 bits per heavy atom. The molecule has 1 aromatic rings. The molecule has 22 heavy (non-hydrogen) atoms. The van der Waals surface area contributed by atoms with Crippen molar-refractivity contribution in [2.45, 2.75) is 57.8 Å². The van der Waals surface area contributed by atoms with Crippen molar-refractivity contribution >= 4 is 36.6 Å². The number of alkyl halides is 3. The first-order valence-electron chi connectivity index (χ1n) is 6.60. The minimum Gasteiger partial charge on any atom is -1.00 e. The number of rotatable bonds is 1. The summed E-state index contributed by atoms with van der Waals surface area (Å²) in [5.41, 5.74) is -0.772. The molecule has 0 aliphatic carbocycles. The molecule has 0 aliphatic rings. The van der Waals surface area contributed by atoms with E-state index < -0.39 is 30.1 Å². The van der Waals surface area contributed by atoms with Crippen molar-refractivity contribution in [1.29, 1.82) is 0 Å². The first kappa shape index (κ1) is 24.7. The zero-order valence-corrected chi connectivity index (χ0v) is 17.9. The standard InChI is InChI=1S/C15H22F3OSi.BrH.Mg/c1-13(2,3)20(19,14(4,5)6)12-10-8-7-9-11(12)15(16,17)18;;/h7-10H,1-6H3;1H;/q-1;;+2/p-1. The minimum absolute atomic E-state index is 0. The van der Waals surface area contributed by atoms with Crippen LogP contribution >= 0.6 is 0 Å². The summed E-state index contributed by atoms with van der Waals surface area (Å²) >= 11 is 0. The van der Waals surface area contributed by atoms with Crippen LogP contribution in [0.15, 0.2) is 24.3 Å². The Labute approximate surface area is 158 Å². The Balaban J connectivity index is 0. The molecule has 0 amide bonds. The Bertz CT molecular complexity index is 479. The van der Waals surface area contributed by atoms with Crippen molar-refractivity contribution in [2.24, 2.45) is 0 Å². The zero-order chi connectivity index (χ0) is 16.0. The topological polar surface area (TPSA) is 23.1 Å². The molecule has 0 atom stereocenters. The molecule has 0 fully saturated rings. The normalized spacial score (nSPS) is 13.2. The van der Waals surface area contributed by atoms with Crippen molar-refractivity contribution in [1.82, 2.24) is 0 Å². The second-order valence-electron chi connectivity index (χ2n) is 7.22. The molecule has 122 valence electrons. The van der Waals surface area contributed by atoms with Crippen LogP contribution in [0.4, 0.5) is 13.2 Å². The van der Waals surface area contributed by atoms with E-state index in [2.05, 4.69) is 0 Å². The molecule has 0 N–H and O–H groups in total. The first-order valence-corrected chi connectivity index (χ1v) is 8.51. The number of hydrogen-bond acceptors (Lipinski definition) is 1. The predicted molar refractivity (Wildman–Crippen MR) is 82.0 cm³/mol. The van der Waals surface area contributed by atoms with Crippen LogP contribution in [-0.2, 0) is 6.18 Å². The van der Waals surface area contributed by atoms with Gasteiger partial charge in [0.1, 0.15) is 0 Å². The van der Waals surface area contributed by atoms with E-state index in [1.165, 1.54) is 18.2 Å². The van der Waals surface area contributed by atoms with Gasteiger partial charge in [-0.1, -0.05) is 81.1 Å². The maximum absolute atomic E-state index is 13.7. The van der Waals surface area contributed by atoms with Gasteiger partial charge in [-0.3, -0.25) is 0 Å². The monoisotopic (exact) mass is 406 g/mol. The van der Waals surface area contributed by atoms with Gasteiger partial charge >= 0.3 is 29.2 Å². The molecule has 0 saturated carbocycles. The molecule has 1 nitrogen and oxygen atoms in total. The molecule has 0 heterocycles. The Morgan fingerprint density at radius 1 is 0.864 bits per heavy atom.